The molecule has 0 bridgehead atoms. The lowest BCUT2D eigenvalue weighted by Gasteiger charge is -2.41. The first kappa shape index (κ1) is 15.3. The minimum absolute atomic E-state index is 0.181. The highest BCUT2D eigenvalue weighted by molar-refractivity contribution is 5.79. The molecule has 1 aliphatic carbocycles. The molecule has 0 unspecified atom stereocenters. The number of piperazine rings is 1. The molecule has 1 amide bonds. The number of hydrogen-bond acceptors (Lipinski definition) is 3. The Bertz CT molecular complexity index is 551. The van der Waals surface area contributed by atoms with E-state index in [9.17, 15) is 4.79 Å². The topological polar surface area (TPSA) is 41.4 Å². The summed E-state index contributed by atoms with van der Waals surface area (Å²) in [6.07, 6.45) is 11.1. The van der Waals surface area contributed by atoms with E-state index in [1.165, 1.54) is 0 Å². The highest BCUT2D eigenvalue weighted by Crippen LogP contribution is 2.27. The van der Waals surface area contributed by atoms with Gasteiger partial charge in [0.05, 0.1) is 6.04 Å². The Labute approximate surface area is 132 Å². The highest BCUT2D eigenvalue weighted by Gasteiger charge is 2.34. The fraction of sp³-hybridized carbons (Fsp3) is 0.647. The molecule has 5 nitrogen and oxygen atoms in total. The maximum atomic E-state index is 12.8. The fourth-order valence-electron chi connectivity index (χ4n) is 3.62. The second-order valence-corrected chi connectivity index (χ2v) is 6.31. The van der Waals surface area contributed by atoms with Gasteiger partial charge < -0.3 is 9.47 Å². The van der Waals surface area contributed by atoms with Crippen molar-refractivity contribution in [3.05, 3.63) is 30.4 Å². The molecule has 1 fully saturated rings. The Kier molecular flexibility index (Phi) is 4.62. The number of nitrogens with zero attached hydrogens (tertiary/aromatic N) is 4. The predicted octanol–water partition coefficient (Wildman–Crippen LogP) is 1.98. The molecule has 2 heterocycles. The van der Waals surface area contributed by atoms with E-state index < -0.39 is 0 Å². The normalized spacial score (nSPS) is 26.4. The number of hydrogen-bond donors (Lipinski definition) is 0. The van der Waals surface area contributed by atoms with Crippen molar-refractivity contribution in [2.75, 3.05) is 26.2 Å². The third-order valence-corrected chi connectivity index (χ3v) is 4.98. The van der Waals surface area contributed by atoms with E-state index in [4.69, 9.17) is 0 Å². The summed E-state index contributed by atoms with van der Waals surface area (Å²) in [7, 11) is 2.03. The van der Waals surface area contributed by atoms with Crippen LogP contribution in [0.3, 0.4) is 0 Å². The number of likely N-dealkylation sites (N-methyl/N-ethyl adjacent to an activating group) is 1. The Morgan fingerprint density at radius 1 is 1.36 bits per heavy atom. The number of aromatic nitrogens is 2. The molecule has 1 saturated heterocycles. The van der Waals surface area contributed by atoms with E-state index in [1.807, 2.05) is 19.4 Å². The van der Waals surface area contributed by atoms with Gasteiger partial charge in [-0.25, -0.2) is 4.98 Å². The number of allylic oxidation sites excluding steroid dienone is 2. The van der Waals surface area contributed by atoms with Crippen molar-refractivity contribution in [3.8, 4) is 0 Å². The Balaban J connectivity index is 1.74. The number of carbonyl (C=O) groups excluding carboxylic acids is 1. The van der Waals surface area contributed by atoms with Gasteiger partial charge in [0.2, 0.25) is 5.91 Å². The molecule has 2 aliphatic rings. The summed E-state index contributed by atoms with van der Waals surface area (Å²) >= 11 is 0. The first-order chi connectivity index (χ1) is 10.7. The molecule has 120 valence electrons. The second-order valence-electron chi connectivity index (χ2n) is 6.31. The number of aryl methyl sites for hydroxylation is 1. The molecular formula is C17H26N4O. The van der Waals surface area contributed by atoms with E-state index in [0.29, 0.717) is 5.91 Å². The second kappa shape index (κ2) is 6.65. The van der Waals surface area contributed by atoms with Crippen LogP contribution < -0.4 is 0 Å². The predicted molar refractivity (Wildman–Crippen MR) is 86.3 cm³/mol. The lowest BCUT2D eigenvalue weighted by atomic mass is 9.92. The Hall–Kier alpha value is -1.62. The largest absolute Gasteiger partial charge is 0.339 e. The highest BCUT2D eigenvalue weighted by atomic mass is 16.2. The maximum absolute atomic E-state index is 12.8. The van der Waals surface area contributed by atoms with Gasteiger partial charge in [0, 0.05) is 45.0 Å². The first-order valence-electron chi connectivity index (χ1n) is 8.35. The molecule has 22 heavy (non-hydrogen) atoms. The van der Waals surface area contributed by atoms with Crippen molar-refractivity contribution in [3.63, 3.8) is 0 Å². The minimum atomic E-state index is 0.181. The van der Waals surface area contributed by atoms with E-state index >= 15 is 0 Å². The zero-order chi connectivity index (χ0) is 15.5. The van der Waals surface area contributed by atoms with Gasteiger partial charge in [0.15, 0.2) is 0 Å². The first-order valence-corrected chi connectivity index (χ1v) is 8.35. The number of rotatable bonds is 3. The number of carbonyl (C=O) groups is 1. The summed E-state index contributed by atoms with van der Waals surface area (Å²) in [5, 5.41) is 0. The molecule has 0 saturated carbocycles. The van der Waals surface area contributed by atoms with Gasteiger partial charge in [-0.1, -0.05) is 19.1 Å². The molecule has 2 atom stereocenters. The van der Waals surface area contributed by atoms with Gasteiger partial charge in [-0.3, -0.25) is 9.69 Å². The van der Waals surface area contributed by atoms with E-state index in [2.05, 4.69) is 38.4 Å². The standard InChI is InChI=1S/C17H26N4O/c1-3-20-11-12-21(17(22)14-7-5-4-6-8-14)13-15(20)16-18-9-10-19(16)2/h4-5,9-10,14-15H,3,6-8,11-13H2,1-2H3/t14-,15+/m0/s1. The number of amides is 1. The quantitative estimate of drug-likeness (QED) is 0.802. The van der Waals surface area contributed by atoms with E-state index in [0.717, 1.165) is 51.3 Å². The van der Waals surface area contributed by atoms with Crippen LogP contribution >= 0.6 is 0 Å². The van der Waals surface area contributed by atoms with Crippen LogP contribution in [0.25, 0.3) is 0 Å². The van der Waals surface area contributed by atoms with Gasteiger partial charge in [-0.15, -0.1) is 0 Å². The third kappa shape index (κ3) is 2.95. The van der Waals surface area contributed by atoms with Crippen LogP contribution in [0, 0.1) is 5.92 Å². The summed E-state index contributed by atoms with van der Waals surface area (Å²) in [6.45, 7) is 5.71. The summed E-state index contributed by atoms with van der Waals surface area (Å²) in [6, 6.07) is 0.210. The zero-order valence-corrected chi connectivity index (χ0v) is 13.6. The van der Waals surface area contributed by atoms with E-state index in [-0.39, 0.29) is 12.0 Å². The lowest BCUT2D eigenvalue weighted by Crippen LogP contribution is -2.52. The molecule has 1 aliphatic heterocycles. The van der Waals surface area contributed by atoms with Gasteiger partial charge in [0.25, 0.3) is 0 Å². The molecule has 5 heteroatoms. The summed E-state index contributed by atoms with van der Waals surface area (Å²) in [5.74, 6) is 1.57. The van der Waals surface area contributed by atoms with Gasteiger partial charge in [-0.2, -0.15) is 0 Å². The molecule has 0 spiro atoms. The van der Waals surface area contributed by atoms with Crippen molar-refractivity contribution in [2.24, 2.45) is 13.0 Å². The van der Waals surface area contributed by atoms with Gasteiger partial charge in [-0.05, 0) is 25.8 Å². The number of imidazole rings is 1. The smallest absolute Gasteiger partial charge is 0.226 e. The molecule has 3 rings (SSSR count). The summed E-state index contributed by atoms with van der Waals surface area (Å²) < 4.78 is 2.07. The Morgan fingerprint density at radius 2 is 2.23 bits per heavy atom. The van der Waals surface area contributed by atoms with E-state index in [1.54, 1.807) is 0 Å². The van der Waals surface area contributed by atoms with Crippen molar-refractivity contribution in [1.82, 2.24) is 19.4 Å². The van der Waals surface area contributed by atoms with Crippen LogP contribution in [-0.4, -0.2) is 51.4 Å². The van der Waals surface area contributed by atoms with Gasteiger partial charge >= 0.3 is 0 Å². The van der Waals surface area contributed by atoms with Crippen molar-refractivity contribution in [1.29, 1.82) is 0 Å². The van der Waals surface area contributed by atoms with Gasteiger partial charge in [0.1, 0.15) is 5.82 Å². The van der Waals surface area contributed by atoms with Crippen LogP contribution in [0.5, 0.6) is 0 Å². The summed E-state index contributed by atoms with van der Waals surface area (Å²) in [5.41, 5.74) is 0. The molecule has 0 aromatic carbocycles. The third-order valence-electron chi connectivity index (χ3n) is 4.98. The minimum Gasteiger partial charge on any atom is -0.339 e. The average molecular weight is 302 g/mol. The summed E-state index contributed by atoms with van der Waals surface area (Å²) in [4.78, 5) is 21.8. The molecule has 1 aromatic rings. The van der Waals surface area contributed by atoms with Crippen LogP contribution in [0.2, 0.25) is 0 Å². The van der Waals surface area contributed by atoms with Crippen LogP contribution in [0.15, 0.2) is 24.5 Å². The van der Waals surface area contributed by atoms with Crippen molar-refractivity contribution in [2.45, 2.75) is 32.2 Å². The molecule has 0 N–H and O–H groups in total. The lowest BCUT2D eigenvalue weighted by molar-refractivity contribution is -0.139. The molecule has 0 radical (unpaired) electrons. The van der Waals surface area contributed by atoms with Crippen LogP contribution in [0.4, 0.5) is 0 Å². The van der Waals surface area contributed by atoms with Crippen LogP contribution in [0.1, 0.15) is 38.1 Å². The van der Waals surface area contributed by atoms with Crippen molar-refractivity contribution < 1.29 is 4.79 Å². The fourth-order valence-corrected chi connectivity index (χ4v) is 3.62. The molecular weight excluding hydrogens is 276 g/mol. The SMILES string of the molecule is CCN1CCN(C(=O)[C@H]2CC=CCC2)C[C@@H]1c1nccn1C. The average Bonchev–Trinajstić information content (AvgIpc) is 3.00. The monoisotopic (exact) mass is 302 g/mol. The molecule has 1 aromatic heterocycles. The zero-order valence-electron chi connectivity index (χ0n) is 13.6. The maximum Gasteiger partial charge on any atom is 0.226 e. The van der Waals surface area contributed by atoms with Crippen molar-refractivity contribution >= 4 is 5.91 Å². The Morgan fingerprint density at radius 3 is 2.86 bits per heavy atom. The van der Waals surface area contributed by atoms with Crippen LogP contribution in [-0.2, 0) is 11.8 Å².